The molecule has 0 aliphatic carbocycles. The molecule has 6 heteroatoms. The zero-order valence-corrected chi connectivity index (χ0v) is 14.9. The first-order chi connectivity index (χ1) is 11.7. The Morgan fingerprint density at radius 3 is 2.79 bits per heavy atom. The van der Waals surface area contributed by atoms with Gasteiger partial charge in [-0.15, -0.1) is 11.3 Å². The molecule has 0 spiro atoms. The van der Waals surface area contributed by atoms with Gasteiger partial charge < -0.3 is 20.1 Å². The first-order valence-electron chi connectivity index (χ1n) is 8.20. The lowest BCUT2D eigenvalue weighted by atomic mass is 10.2. The Morgan fingerprint density at radius 2 is 2.04 bits per heavy atom. The van der Waals surface area contributed by atoms with Gasteiger partial charge in [-0.25, -0.2) is 4.99 Å². The molecule has 2 heterocycles. The topological polar surface area (TPSA) is 54.9 Å². The molecule has 2 aromatic rings. The second kappa shape index (κ2) is 8.06. The predicted octanol–water partition coefficient (Wildman–Crippen LogP) is 2.95. The van der Waals surface area contributed by atoms with Gasteiger partial charge in [0.25, 0.3) is 0 Å². The number of guanidine groups is 1. The minimum absolute atomic E-state index is 0.0345. The maximum atomic E-state index is 5.96. The average Bonchev–Trinajstić information content (AvgIpc) is 3.02. The molecule has 1 atom stereocenters. The normalized spacial score (nSPS) is 16.8. The quantitative estimate of drug-likeness (QED) is 0.646. The smallest absolute Gasteiger partial charge is 0.191 e. The molecule has 0 saturated carbocycles. The van der Waals surface area contributed by atoms with E-state index in [4.69, 9.17) is 9.47 Å². The Labute approximate surface area is 146 Å². The number of nitrogens with zero attached hydrogens (tertiary/aromatic N) is 1. The lowest BCUT2D eigenvalue weighted by Gasteiger charge is -2.27. The number of rotatable bonds is 5. The maximum Gasteiger partial charge on any atom is 0.191 e. The van der Waals surface area contributed by atoms with Crippen molar-refractivity contribution in [2.24, 2.45) is 4.99 Å². The Morgan fingerprint density at radius 1 is 1.21 bits per heavy atom. The van der Waals surface area contributed by atoms with E-state index in [9.17, 15) is 0 Å². The predicted molar refractivity (Wildman–Crippen MR) is 98.2 cm³/mol. The fourth-order valence-electron chi connectivity index (χ4n) is 2.44. The van der Waals surface area contributed by atoms with E-state index in [0.29, 0.717) is 19.7 Å². The van der Waals surface area contributed by atoms with Crippen LogP contribution < -0.4 is 20.1 Å². The SMILES string of the molecule is CCNC(=NCc1ccc(C)s1)NCC1COc2ccccc2O1. The summed E-state index contributed by atoms with van der Waals surface area (Å²) in [6.45, 7) is 6.85. The van der Waals surface area contributed by atoms with Crippen molar-refractivity contribution in [1.82, 2.24) is 10.6 Å². The zero-order valence-electron chi connectivity index (χ0n) is 14.0. The zero-order chi connectivity index (χ0) is 16.8. The van der Waals surface area contributed by atoms with Crippen LogP contribution in [0.2, 0.25) is 0 Å². The Bertz CT molecular complexity index is 699. The molecule has 1 aliphatic rings. The molecule has 1 aromatic carbocycles. The Balaban J connectivity index is 1.54. The summed E-state index contributed by atoms with van der Waals surface area (Å²) in [5, 5.41) is 6.60. The molecule has 0 fully saturated rings. The molecule has 24 heavy (non-hydrogen) atoms. The van der Waals surface area contributed by atoms with Gasteiger partial charge in [0, 0.05) is 16.3 Å². The molecule has 0 saturated heterocycles. The minimum Gasteiger partial charge on any atom is -0.486 e. The van der Waals surface area contributed by atoms with Crippen molar-refractivity contribution in [3.63, 3.8) is 0 Å². The lowest BCUT2D eigenvalue weighted by Crippen LogP contribution is -2.45. The number of aryl methyl sites for hydroxylation is 1. The number of para-hydroxylation sites is 2. The monoisotopic (exact) mass is 345 g/mol. The van der Waals surface area contributed by atoms with Gasteiger partial charge in [-0.2, -0.15) is 0 Å². The van der Waals surface area contributed by atoms with E-state index in [2.05, 4.69) is 41.6 Å². The third kappa shape index (κ3) is 4.41. The van der Waals surface area contributed by atoms with Crippen LogP contribution in [0, 0.1) is 6.92 Å². The van der Waals surface area contributed by atoms with Gasteiger partial charge in [-0.1, -0.05) is 12.1 Å². The van der Waals surface area contributed by atoms with Gasteiger partial charge in [-0.05, 0) is 38.1 Å². The molecular weight excluding hydrogens is 322 g/mol. The highest BCUT2D eigenvalue weighted by Gasteiger charge is 2.20. The van der Waals surface area contributed by atoms with Gasteiger partial charge in [0.15, 0.2) is 17.5 Å². The van der Waals surface area contributed by atoms with Crippen molar-refractivity contribution < 1.29 is 9.47 Å². The van der Waals surface area contributed by atoms with Gasteiger partial charge >= 0.3 is 0 Å². The van der Waals surface area contributed by atoms with Crippen LogP contribution in [-0.2, 0) is 6.54 Å². The number of ether oxygens (including phenoxy) is 2. The fourth-order valence-corrected chi connectivity index (χ4v) is 3.26. The standard InChI is InChI=1S/C18H23N3O2S/c1-3-19-18(21-11-15-9-8-13(2)24-15)20-10-14-12-22-16-6-4-5-7-17(16)23-14/h4-9,14H,3,10-12H2,1-2H3,(H2,19,20,21). The maximum absolute atomic E-state index is 5.96. The van der Waals surface area contributed by atoms with Crippen LogP contribution >= 0.6 is 11.3 Å². The summed E-state index contributed by atoms with van der Waals surface area (Å²) in [4.78, 5) is 7.20. The van der Waals surface area contributed by atoms with Gasteiger partial charge in [-0.3, -0.25) is 0 Å². The fraction of sp³-hybridized carbons (Fsp3) is 0.389. The van der Waals surface area contributed by atoms with Crippen molar-refractivity contribution in [3.05, 3.63) is 46.2 Å². The van der Waals surface area contributed by atoms with Crippen LogP contribution in [0.3, 0.4) is 0 Å². The van der Waals surface area contributed by atoms with Crippen LogP contribution in [0.4, 0.5) is 0 Å². The molecule has 128 valence electrons. The van der Waals surface area contributed by atoms with Crippen LogP contribution in [0.1, 0.15) is 16.7 Å². The van der Waals surface area contributed by atoms with Gasteiger partial charge in [0.05, 0.1) is 13.1 Å². The second-order valence-corrected chi connectivity index (χ2v) is 6.96. The molecule has 0 radical (unpaired) electrons. The number of aliphatic imine (C=N–C) groups is 1. The van der Waals surface area contributed by atoms with E-state index in [1.54, 1.807) is 11.3 Å². The van der Waals surface area contributed by atoms with E-state index in [0.717, 1.165) is 24.0 Å². The molecule has 0 amide bonds. The van der Waals surface area contributed by atoms with Crippen molar-refractivity contribution in [2.75, 3.05) is 19.7 Å². The van der Waals surface area contributed by atoms with Crippen molar-refractivity contribution in [3.8, 4) is 11.5 Å². The van der Waals surface area contributed by atoms with E-state index < -0.39 is 0 Å². The molecule has 0 bridgehead atoms. The highest BCUT2D eigenvalue weighted by atomic mass is 32.1. The van der Waals surface area contributed by atoms with E-state index >= 15 is 0 Å². The van der Waals surface area contributed by atoms with Crippen molar-refractivity contribution >= 4 is 17.3 Å². The largest absolute Gasteiger partial charge is 0.486 e. The number of fused-ring (bicyclic) bond motifs is 1. The first-order valence-corrected chi connectivity index (χ1v) is 9.02. The molecule has 1 aromatic heterocycles. The first kappa shape index (κ1) is 16.6. The third-order valence-corrected chi connectivity index (χ3v) is 4.58. The number of hydrogen-bond acceptors (Lipinski definition) is 4. The van der Waals surface area contributed by atoms with Crippen molar-refractivity contribution in [2.45, 2.75) is 26.5 Å². The second-order valence-electron chi connectivity index (χ2n) is 5.59. The van der Waals surface area contributed by atoms with E-state index in [1.165, 1.54) is 9.75 Å². The molecule has 1 unspecified atom stereocenters. The molecule has 2 N–H and O–H groups in total. The van der Waals surface area contributed by atoms with Crippen LogP contribution in [0.25, 0.3) is 0 Å². The number of benzene rings is 1. The Hall–Kier alpha value is -2.21. The molecular formula is C18H23N3O2S. The van der Waals surface area contributed by atoms with Crippen LogP contribution in [-0.4, -0.2) is 31.8 Å². The lowest BCUT2D eigenvalue weighted by molar-refractivity contribution is 0.0936. The third-order valence-electron chi connectivity index (χ3n) is 3.60. The summed E-state index contributed by atoms with van der Waals surface area (Å²) in [6.07, 6.45) is -0.0345. The highest BCUT2D eigenvalue weighted by molar-refractivity contribution is 7.11. The van der Waals surface area contributed by atoms with E-state index in [-0.39, 0.29) is 6.10 Å². The summed E-state index contributed by atoms with van der Waals surface area (Å²) >= 11 is 1.78. The molecule has 1 aliphatic heterocycles. The van der Waals surface area contributed by atoms with Crippen LogP contribution in [0.15, 0.2) is 41.4 Å². The highest BCUT2D eigenvalue weighted by Crippen LogP contribution is 2.30. The van der Waals surface area contributed by atoms with Gasteiger partial charge in [0.1, 0.15) is 12.7 Å². The summed E-state index contributed by atoms with van der Waals surface area (Å²) < 4.78 is 11.7. The van der Waals surface area contributed by atoms with Crippen molar-refractivity contribution in [1.29, 1.82) is 0 Å². The average molecular weight is 345 g/mol. The van der Waals surface area contributed by atoms with Crippen LogP contribution in [0.5, 0.6) is 11.5 Å². The van der Waals surface area contributed by atoms with Gasteiger partial charge in [0.2, 0.25) is 0 Å². The number of nitrogens with one attached hydrogen (secondary N) is 2. The number of hydrogen-bond donors (Lipinski definition) is 2. The molecule has 3 rings (SSSR count). The summed E-state index contributed by atoms with van der Waals surface area (Å²) in [5.41, 5.74) is 0. The summed E-state index contributed by atoms with van der Waals surface area (Å²) in [5.74, 6) is 2.40. The Kier molecular flexibility index (Phi) is 5.59. The molecule has 5 nitrogen and oxygen atoms in total. The number of thiophene rings is 1. The summed E-state index contributed by atoms with van der Waals surface area (Å²) in [7, 11) is 0. The minimum atomic E-state index is -0.0345. The summed E-state index contributed by atoms with van der Waals surface area (Å²) in [6, 6.07) is 12.0. The van der Waals surface area contributed by atoms with E-state index in [1.807, 2.05) is 24.3 Å².